The summed E-state index contributed by atoms with van der Waals surface area (Å²) in [4.78, 5) is 13.7. The first-order chi connectivity index (χ1) is 8.56. The Morgan fingerprint density at radius 3 is 3.00 bits per heavy atom. The monoisotopic (exact) mass is 312 g/mol. The number of halogens is 1. The molecule has 1 aliphatic rings. The molecule has 2 rings (SSSR count). The van der Waals surface area contributed by atoms with Crippen LogP contribution in [-0.2, 0) is 0 Å². The third kappa shape index (κ3) is 3.23. The van der Waals surface area contributed by atoms with Gasteiger partial charge in [-0.15, -0.1) is 0 Å². The molecule has 0 radical (unpaired) electrons. The lowest BCUT2D eigenvalue weighted by molar-refractivity contribution is 0.0883. The van der Waals surface area contributed by atoms with Gasteiger partial charge in [0.05, 0.1) is 6.10 Å². The fourth-order valence-electron chi connectivity index (χ4n) is 2.06. The van der Waals surface area contributed by atoms with E-state index in [1.54, 1.807) is 4.90 Å². The summed E-state index contributed by atoms with van der Waals surface area (Å²) in [6, 6.07) is 5.55. The van der Waals surface area contributed by atoms with Gasteiger partial charge in [-0.2, -0.15) is 0 Å². The van der Waals surface area contributed by atoms with Crippen LogP contribution in [0.3, 0.4) is 0 Å². The predicted octanol–water partition coefficient (Wildman–Crippen LogP) is 2.75. The van der Waals surface area contributed by atoms with E-state index < -0.39 is 6.10 Å². The predicted molar refractivity (Wildman–Crippen MR) is 74.7 cm³/mol. The number of urea groups is 1. The maximum absolute atomic E-state index is 12.0. The molecule has 0 aromatic heterocycles. The smallest absolute Gasteiger partial charge is 0.321 e. The topological polar surface area (TPSA) is 52.6 Å². The Labute approximate surface area is 115 Å². The highest BCUT2D eigenvalue weighted by molar-refractivity contribution is 9.10. The fraction of sp³-hybridized carbons (Fsp3) is 0.462. The van der Waals surface area contributed by atoms with Gasteiger partial charge in [0, 0.05) is 23.2 Å². The second-order valence-corrected chi connectivity index (χ2v) is 5.49. The minimum atomic E-state index is -0.392. The van der Waals surface area contributed by atoms with E-state index in [1.807, 2.05) is 25.1 Å². The molecule has 4 nitrogen and oxygen atoms in total. The lowest BCUT2D eigenvalue weighted by Gasteiger charge is -2.30. The summed E-state index contributed by atoms with van der Waals surface area (Å²) in [7, 11) is 0. The Morgan fingerprint density at radius 2 is 2.33 bits per heavy atom. The Kier molecular flexibility index (Phi) is 4.24. The maximum Gasteiger partial charge on any atom is 0.321 e. The summed E-state index contributed by atoms with van der Waals surface area (Å²) in [6.07, 6.45) is 1.24. The average Bonchev–Trinajstić information content (AvgIpc) is 2.34. The molecule has 2 N–H and O–H groups in total. The molecule has 1 fully saturated rings. The molecule has 0 saturated carbocycles. The largest absolute Gasteiger partial charge is 0.391 e. The van der Waals surface area contributed by atoms with E-state index in [1.165, 1.54) is 0 Å². The standard InChI is InChI=1S/C13H17BrN2O2/c1-9-7-10(4-5-12(9)14)15-13(18)16-6-2-3-11(17)8-16/h4-5,7,11,17H,2-3,6,8H2,1H3,(H,15,18)/t11-/m1/s1. The number of carbonyl (C=O) groups excluding carboxylic acids is 1. The highest BCUT2D eigenvalue weighted by Crippen LogP contribution is 2.20. The first-order valence-corrected chi connectivity index (χ1v) is 6.85. The summed E-state index contributed by atoms with van der Waals surface area (Å²) >= 11 is 3.42. The number of hydrogen-bond donors (Lipinski definition) is 2. The zero-order chi connectivity index (χ0) is 13.1. The molecule has 2 amide bonds. The molecular formula is C13H17BrN2O2. The van der Waals surface area contributed by atoms with E-state index in [4.69, 9.17) is 0 Å². The van der Waals surface area contributed by atoms with Crippen molar-refractivity contribution in [2.75, 3.05) is 18.4 Å². The summed E-state index contributed by atoms with van der Waals surface area (Å²) in [5.41, 5.74) is 1.85. The summed E-state index contributed by atoms with van der Waals surface area (Å²) in [5, 5.41) is 12.4. The number of likely N-dealkylation sites (tertiary alicyclic amines) is 1. The molecule has 0 unspecified atom stereocenters. The van der Waals surface area contributed by atoms with Crippen LogP contribution < -0.4 is 5.32 Å². The third-order valence-corrected chi connectivity index (χ3v) is 3.98. The first-order valence-electron chi connectivity index (χ1n) is 6.06. The molecule has 5 heteroatoms. The fourth-order valence-corrected chi connectivity index (χ4v) is 2.31. The number of carbonyl (C=O) groups is 1. The van der Waals surface area contributed by atoms with Gasteiger partial charge >= 0.3 is 6.03 Å². The molecule has 0 spiro atoms. The van der Waals surface area contributed by atoms with Crippen molar-refractivity contribution in [3.63, 3.8) is 0 Å². The molecule has 1 saturated heterocycles. The first kappa shape index (κ1) is 13.4. The molecule has 1 heterocycles. The zero-order valence-electron chi connectivity index (χ0n) is 10.3. The van der Waals surface area contributed by atoms with Crippen molar-refractivity contribution in [3.8, 4) is 0 Å². The number of amides is 2. The van der Waals surface area contributed by atoms with Crippen molar-refractivity contribution in [1.29, 1.82) is 0 Å². The van der Waals surface area contributed by atoms with E-state index in [0.29, 0.717) is 13.1 Å². The molecule has 18 heavy (non-hydrogen) atoms. The highest BCUT2D eigenvalue weighted by atomic mass is 79.9. The zero-order valence-corrected chi connectivity index (χ0v) is 11.9. The lowest BCUT2D eigenvalue weighted by atomic mass is 10.1. The van der Waals surface area contributed by atoms with Gasteiger partial charge in [0.25, 0.3) is 0 Å². The molecule has 1 atom stereocenters. The second-order valence-electron chi connectivity index (χ2n) is 4.64. The second kappa shape index (κ2) is 5.71. The van der Waals surface area contributed by atoms with Crippen LogP contribution in [0.25, 0.3) is 0 Å². The normalized spacial score (nSPS) is 19.7. The SMILES string of the molecule is Cc1cc(NC(=O)N2CCC[C@@H](O)C2)ccc1Br. The minimum absolute atomic E-state index is 0.143. The van der Waals surface area contributed by atoms with Crippen LogP contribution in [0.2, 0.25) is 0 Å². The van der Waals surface area contributed by atoms with Crippen LogP contribution in [0.4, 0.5) is 10.5 Å². The minimum Gasteiger partial charge on any atom is -0.391 e. The Balaban J connectivity index is 2.00. The molecule has 0 bridgehead atoms. The Bertz CT molecular complexity index is 451. The molecule has 0 aliphatic carbocycles. The van der Waals surface area contributed by atoms with E-state index in [2.05, 4.69) is 21.2 Å². The van der Waals surface area contributed by atoms with Crippen molar-refractivity contribution in [2.24, 2.45) is 0 Å². The van der Waals surface area contributed by atoms with E-state index in [9.17, 15) is 9.90 Å². The quantitative estimate of drug-likeness (QED) is 0.837. The number of rotatable bonds is 1. The Morgan fingerprint density at radius 1 is 1.56 bits per heavy atom. The van der Waals surface area contributed by atoms with E-state index >= 15 is 0 Å². The van der Waals surface area contributed by atoms with Gasteiger partial charge < -0.3 is 15.3 Å². The van der Waals surface area contributed by atoms with Gasteiger partial charge in [0.2, 0.25) is 0 Å². The third-order valence-electron chi connectivity index (χ3n) is 3.09. The van der Waals surface area contributed by atoms with Gasteiger partial charge in [-0.25, -0.2) is 4.79 Å². The van der Waals surface area contributed by atoms with E-state index in [0.717, 1.165) is 28.6 Å². The number of piperidine rings is 1. The van der Waals surface area contributed by atoms with Crippen LogP contribution in [0, 0.1) is 6.92 Å². The van der Waals surface area contributed by atoms with Crippen LogP contribution in [0.5, 0.6) is 0 Å². The number of hydrogen-bond acceptors (Lipinski definition) is 2. The van der Waals surface area contributed by atoms with E-state index in [-0.39, 0.29) is 6.03 Å². The van der Waals surface area contributed by atoms with Crippen molar-refractivity contribution in [3.05, 3.63) is 28.2 Å². The number of aryl methyl sites for hydroxylation is 1. The molecule has 1 aromatic carbocycles. The number of β-amino-alcohol motifs (C(OH)–C–C–N with tert-alkyl or cyclic N) is 1. The number of aliphatic hydroxyl groups excluding tert-OH is 1. The summed E-state index contributed by atoms with van der Waals surface area (Å²) in [6.45, 7) is 3.10. The number of nitrogens with zero attached hydrogens (tertiary/aromatic N) is 1. The van der Waals surface area contributed by atoms with Crippen molar-refractivity contribution < 1.29 is 9.90 Å². The Hall–Kier alpha value is -1.07. The lowest BCUT2D eigenvalue weighted by Crippen LogP contribution is -2.44. The maximum atomic E-state index is 12.0. The molecule has 1 aliphatic heterocycles. The highest BCUT2D eigenvalue weighted by Gasteiger charge is 2.21. The summed E-state index contributed by atoms with van der Waals surface area (Å²) < 4.78 is 1.02. The number of nitrogens with one attached hydrogen (secondary N) is 1. The van der Waals surface area contributed by atoms with Crippen LogP contribution in [0.1, 0.15) is 18.4 Å². The van der Waals surface area contributed by atoms with Gasteiger partial charge in [-0.3, -0.25) is 0 Å². The van der Waals surface area contributed by atoms with Gasteiger partial charge in [0.1, 0.15) is 0 Å². The number of anilines is 1. The van der Waals surface area contributed by atoms with Crippen molar-refractivity contribution in [2.45, 2.75) is 25.9 Å². The van der Waals surface area contributed by atoms with Gasteiger partial charge in [0.15, 0.2) is 0 Å². The molecule has 98 valence electrons. The van der Waals surface area contributed by atoms with Gasteiger partial charge in [-0.1, -0.05) is 15.9 Å². The van der Waals surface area contributed by atoms with Crippen LogP contribution in [-0.4, -0.2) is 35.2 Å². The molecular weight excluding hydrogens is 296 g/mol. The van der Waals surface area contributed by atoms with Crippen molar-refractivity contribution in [1.82, 2.24) is 4.90 Å². The van der Waals surface area contributed by atoms with Crippen LogP contribution in [0.15, 0.2) is 22.7 Å². The average molecular weight is 313 g/mol. The molecule has 1 aromatic rings. The van der Waals surface area contributed by atoms with Crippen molar-refractivity contribution >= 4 is 27.6 Å². The van der Waals surface area contributed by atoms with Gasteiger partial charge in [-0.05, 0) is 43.5 Å². The number of benzene rings is 1. The van der Waals surface area contributed by atoms with Crippen LogP contribution >= 0.6 is 15.9 Å². The number of aliphatic hydroxyl groups is 1. The summed E-state index contributed by atoms with van der Waals surface area (Å²) in [5.74, 6) is 0.